The van der Waals surface area contributed by atoms with E-state index in [2.05, 4.69) is 43.8 Å². The molecule has 0 aliphatic heterocycles. The lowest BCUT2D eigenvalue weighted by molar-refractivity contribution is -0.131. The zero-order valence-electron chi connectivity index (χ0n) is 16.0. The molecule has 9 heteroatoms. The molecule has 0 spiro atoms. The van der Waals surface area contributed by atoms with Crippen LogP contribution < -0.4 is 5.32 Å². The zero-order chi connectivity index (χ0) is 22.1. The molecule has 0 saturated carbocycles. The molecule has 0 aliphatic rings. The van der Waals surface area contributed by atoms with E-state index in [9.17, 15) is 14.7 Å². The van der Waals surface area contributed by atoms with Gasteiger partial charge in [0.05, 0.1) is 6.10 Å². The molecule has 3 N–H and O–H groups in total. The standard InChI is InChI=1S/C21H21BrINO6/c1-29-18(4-2-3-5-19(26)27)20(16-12-14(23)8-11-17(16)25)30-21(28)24-15-9-6-13(22)7-10-15/h3,5-12,18,20,25H,2,4H2,1H3,(H,24,28)(H,26,27)/b5-3+/t18-,20-/m0/s1. The average Bonchev–Trinajstić information content (AvgIpc) is 2.70. The van der Waals surface area contributed by atoms with Crippen LogP contribution in [0.3, 0.4) is 0 Å². The van der Waals surface area contributed by atoms with Crippen molar-refractivity contribution < 1.29 is 29.3 Å². The van der Waals surface area contributed by atoms with Crippen LogP contribution in [-0.2, 0) is 14.3 Å². The predicted molar refractivity (Wildman–Crippen MR) is 125 cm³/mol. The topological polar surface area (TPSA) is 105 Å². The molecule has 0 heterocycles. The van der Waals surface area contributed by atoms with Crippen LogP contribution in [0.1, 0.15) is 24.5 Å². The van der Waals surface area contributed by atoms with Gasteiger partial charge in [-0.2, -0.15) is 0 Å². The van der Waals surface area contributed by atoms with Crippen molar-refractivity contribution in [2.45, 2.75) is 25.0 Å². The Bertz CT molecular complexity index is 903. The summed E-state index contributed by atoms with van der Waals surface area (Å²) in [4.78, 5) is 23.2. The Hall–Kier alpha value is -2.11. The Kier molecular flexibility index (Phi) is 9.60. The summed E-state index contributed by atoms with van der Waals surface area (Å²) in [5, 5.41) is 21.7. The minimum atomic E-state index is -1.04. The van der Waals surface area contributed by atoms with Gasteiger partial charge in [0.1, 0.15) is 5.75 Å². The number of anilines is 1. The highest BCUT2D eigenvalue weighted by atomic mass is 127. The number of benzene rings is 2. The number of halogens is 2. The first-order chi connectivity index (χ1) is 14.3. The molecule has 30 heavy (non-hydrogen) atoms. The quantitative estimate of drug-likeness (QED) is 0.264. The SMILES string of the molecule is CO[C@@H](CC/C=C/C(=O)O)[C@@H](OC(=O)Nc1ccc(Br)cc1)c1cc(I)ccc1O. The van der Waals surface area contributed by atoms with Crippen molar-refractivity contribution in [3.8, 4) is 5.75 Å². The third-order valence-electron chi connectivity index (χ3n) is 4.14. The summed E-state index contributed by atoms with van der Waals surface area (Å²) in [6.45, 7) is 0. The number of aromatic hydroxyl groups is 1. The maximum absolute atomic E-state index is 12.5. The second-order valence-corrected chi connectivity index (χ2v) is 8.41. The highest BCUT2D eigenvalue weighted by Gasteiger charge is 2.29. The van der Waals surface area contributed by atoms with Gasteiger partial charge in [0.15, 0.2) is 6.10 Å². The molecule has 1 amide bonds. The van der Waals surface area contributed by atoms with Gasteiger partial charge in [0.25, 0.3) is 0 Å². The van der Waals surface area contributed by atoms with Gasteiger partial charge in [-0.05, 0) is 77.9 Å². The van der Waals surface area contributed by atoms with Crippen LogP contribution in [0.15, 0.2) is 59.1 Å². The molecule has 0 aliphatic carbocycles. The van der Waals surface area contributed by atoms with Crippen LogP contribution in [-0.4, -0.2) is 35.5 Å². The molecule has 2 rings (SSSR count). The Morgan fingerprint density at radius 2 is 1.93 bits per heavy atom. The van der Waals surface area contributed by atoms with Crippen molar-refractivity contribution in [2.24, 2.45) is 0 Å². The van der Waals surface area contributed by atoms with E-state index in [4.69, 9.17) is 14.6 Å². The van der Waals surface area contributed by atoms with E-state index in [1.54, 1.807) is 36.4 Å². The Labute approximate surface area is 196 Å². The zero-order valence-corrected chi connectivity index (χ0v) is 19.8. The number of aliphatic carboxylic acids is 1. The first kappa shape index (κ1) is 24.2. The number of ether oxygens (including phenoxy) is 2. The minimum absolute atomic E-state index is 0.0278. The second-order valence-electron chi connectivity index (χ2n) is 6.25. The molecule has 0 fully saturated rings. The number of methoxy groups -OCH3 is 1. The summed E-state index contributed by atoms with van der Waals surface area (Å²) in [6.07, 6.45) is 1.10. The number of phenolic OH excluding ortho intramolecular Hbond substituents is 1. The number of amides is 1. The van der Waals surface area contributed by atoms with Crippen LogP contribution in [0, 0.1) is 3.57 Å². The van der Waals surface area contributed by atoms with Crippen molar-refractivity contribution in [2.75, 3.05) is 12.4 Å². The molecular weight excluding hydrogens is 569 g/mol. The first-order valence-electron chi connectivity index (χ1n) is 8.94. The predicted octanol–water partition coefficient (Wildman–Crippen LogP) is 5.49. The van der Waals surface area contributed by atoms with Gasteiger partial charge in [0.2, 0.25) is 0 Å². The smallest absolute Gasteiger partial charge is 0.412 e. The number of carbonyl (C=O) groups is 2. The van der Waals surface area contributed by atoms with E-state index in [0.717, 1.165) is 14.1 Å². The fourth-order valence-electron chi connectivity index (χ4n) is 2.73. The Morgan fingerprint density at radius 1 is 1.23 bits per heavy atom. The number of allylic oxidation sites excluding steroid dienone is 1. The van der Waals surface area contributed by atoms with Crippen molar-refractivity contribution >= 4 is 56.3 Å². The monoisotopic (exact) mass is 589 g/mol. The summed E-state index contributed by atoms with van der Waals surface area (Å²) in [5.74, 6) is -1.07. The van der Waals surface area contributed by atoms with Gasteiger partial charge in [-0.15, -0.1) is 0 Å². The number of phenols is 1. The van der Waals surface area contributed by atoms with E-state index in [-0.39, 0.29) is 5.75 Å². The average molecular weight is 590 g/mol. The van der Waals surface area contributed by atoms with Crippen LogP contribution in [0.5, 0.6) is 5.75 Å². The number of rotatable bonds is 9. The van der Waals surface area contributed by atoms with E-state index in [1.807, 2.05) is 0 Å². The van der Waals surface area contributed by atoms with Gasteiger partial charge < -0.3 is 19.7 Å². The number of nitrogens with one attached hydrogen (secondary N) is 1. The molecule has 2 aromatic rings. The van der Waals surface area contributed by atoms with Crippen LogP contribution >= 0.6 is 38.5 Å². The number of carbonyl (C=O) groups excluding carboxylic acids is 1. The summed E-state index contributed by atoms with van der Waals surface area (Å²) in [5.41, 5.74) is 0.953. The maximum atomic E-state index is 12.5. The molecule has 0 saturated heterocycles. The number of hydrogen-bond acceptors (Lipinski definition) is 5. The van der Waals surface area contributed by atoms with Crippen LogP contribution in [0.2, 0.25) is 0 Å². The third-order valence-corrected chi connectivity index (χ3v) is 5.34. The number of carboxylic acids is 1. The lowest BCUT2D eigenvalue weighted by atomic mass is 9.99. The van der Waals surface area contributed by atoms with Gasteiger partial charge in [-0.25, -0.2) is 9.59 Å². The van der Waals surface area contributed by atoms with Gasteiger partial charge >= 0.3 is 12.1 Å². The van der Waals surface area contributed by atoms with Gasteiger partial charge in [-0.3, -0.25) is 5.32 Å². The Balaban J connectivity index is 2.23. The lowest BCUT2D eigenvalue weighted by Crippen LogP contribution is -2.28. The highest BCUT2D eigenvalue weighted by molar-refractivity contribution is 14.1. The lowest BCUT2D eigenvalue weighted by Gasteiger charge is -2.27. The molecule has 0 aromatic heterocycles. The summed E-state index contributed by atoms with van der Waals surface area (Å²) in [6, 6.07) is 12.0. The molecule has 160 valence electrons. The first-order valence-corrected chi connectivity index (χ1v) is 10.8. The van der Waals surface area contributed by atoms with Crippen LogP contribution in [0.4, 0.5) is 10.5 Å². The molecule has 2 atom stereocenters. The molecule has 7 nitrogen and oxygen atoms in total. The van der Waals surface area contributed by atoms with Gasteiger partial charge in [-0.1, -0.05) is 22.0 Å². The molecule has 2 aromatic carbocycles. The van der Waals surface area contributed by atoms with Gasteiger partial charge in [0, 0.05) is 32.5 Å². The van der Waals surface area contributed by atoms with Crippen molar-refractivity contribution in [1.82, 2.24) is 0 Å². The van der Waals surface area contributed by atoms with E-state index in [0.29, 0.717) is 24.1 Å². The minimum Gasteiger partial charge on any atom is -0.508 e. The highest BCUT2D eigenvalue weighted by Crippen LogP contribution is 2.34. The third kappa shape index (κ3) is 7.62. The molecule has 0 bridgehead atoms. The van der Waals surface area contributed by atoms with E-state index < -0.39 is 24.3 Å². The fourth-order valence-corrected chi connectivity index (χ4v) is 3.51. The summed E-state index contributed by atoms with van der Waals surface area (Å²) < 4.78 is 12.9. The second kappa shape index (κ2) is 11.9. The van der Waals surface area contributed by atoms with Crippen molar-refractivity contribution in [1.29, 1.82) is 0 Å². The molecule has 0 unspecified atom stereocenters. The van der Waals surface area contributed by atoms with E-state index >= 15 is 0 Å². The molecule has 0 radical (unpaired) electrons. The van der Waals surface area contributed by atoms with Crippen molar-refractivity contribution in [3.63, 3.8) is 0 Å². The maximum Gasteiger partial charge on any atom is 0.412 e. The fraction of sp³-hybridized carbons (Fsp3) is 0.238. The van der Waals surface area contributed by atoms with E-state index in [1.165, 1.54) is 19.3 Å². The molecular formula is C21H21BrINO6. The normalized spacial score (nSPS) is 13.0. The van der Waals surface area contributed by atoms with Crippen LogP contribution in [0.25, 0.3) is 0 Å². The number of carboxylic acid groups (broad SMARTS) is 1. The largest absolute Gasteiger partial charge is 0.508 e. The van der Waals surface area contributed by atoms with Crippen molar-refractivity contribution in [3.05, 3.63) is 68.2 Å². The Morgan fingerprint density at radius 3 is 2.57 bits per heavy atom. The summed E-state index contributed by atoms with van der Waals surface area (Å²) >= 11 is 5.43. The number of hydrogen-bond donors (Lipinski definition) is 3. The summed E-state index contributed by atoms with van der Waals surface area (Å²) in [7, 11) is 1.47.